The zero-order valence-corrected chi connectivity index (χ0v) is 12.6. The number of ether oxygens (including phenoxy) is 1. The van der Waals surface area contributed by atoms with Gasteiger partial charge in [0.15, 0.2) is 0 Å². The van der Waals surface area contributed by atoms with Gasteiger partial charge in [-0.15, -0.1) is 0 Å². The molecule has 19 heavy (non-hydrogen) atoms. The van der Waals surface area contributed by atoms with Crippen LogP contribution in [0.3, 0.4) is 0 Å². The van der Waals surface area contributed by atoms with Crippen molar-refractivity contribution in [3.63, 3.8) is 0 Å². The van der Waals surface area contributed by atoms with Crippen LogP contribution in [0, 0.1) is 0 Å². The lowest BCUT2D eigenvalue weighted by Gasteiger charge is -2.37. The van der Waals surface area contributed by atoms with Gasteiger partial charge >= 0.3 is 0 Å². The number of amides is 1. The Bertz CT molecular complexity index is 331. The molecule has 0 aromatic rings. The van der Waals surface area contributed by atoms with Gasteiger partial charge < -0.3 is 15.0 Å². The molecule has 2 rings (SSSR count). The zero-order chi connectivity index (χ0) is 14.0. The summed E-state index contributed by atoms with van der Waals surface area (Å²) in [5.74, 6) is 0.185. The van der Waals surface area contributed by atoms with Crippen LogP contribution in [0.4, 0.5) is 0 Å². The number of nitrogens with one attached hydrogen (secondary N) is 1. The Morgan fingerprint density at radius 3 is 2.79 bits per heavy atom. The lowest BCUT2D eigenvalue weighted by Crippen LogP contribution is -2.59. The molecule has 0 bridgehead atoms. The summed E-state index contributed by atoms with van der Waals surface area (Å²) in [4.78, 5) is 16.2. The smallest absolute Gasteiger partial charge is 0.240 e. The number of carbonyl (C=O) groups excluding carboxylic acids is 1. The van der Waals surface area contributed by atoms with Gasteiger partial charge in [0.1, 0.15) is 6.04 Å². The molecule has 0 aromatic heterocycles. The molecule has 5 heteroatoms. The van der Waals surface area contributed by atoms with Crippen LogP contribution in [0.2, 0.25) is 0 Å². The minimum Gasteiger partial charge on any atom is -0.371 e. The molecule has 1 amide bonds. The minimum absolute atomic E-state index is 0.000241. The predicted octanol–water partition coefficient (Wildman–Crippen LogP) is 0.306. The summed E-state index contributed by atoms with van der Waals surface area (Å²) in [6.45, 7) is 7.78. The highest BCUT2D eigenvalue weighted by Crippen LogP contribution is 2.30. The SMILES string of the molecule is CN(C)C(=O)C1CNCCN1CC1CCC(C)(C)O1. The van der Waals surface area contributed by atoms with Crippen LogP contribution in [-0.2, 0) is 9.53 Å². The van der Waals surface area contributed by atoms with Crippen molar-refractivity contribution in [2.45, 2.75) is 44.4 Å². The Kier molecular flexibility index (Phi) is 4.48. The predicted molar refractivity (Wildman–Crippen MR) is 75.1 cm³/mol. The van der Waals surface area contributed by atoms with Gasteiger partial charge in [0, 0.05) is 40.3 Å². The molecule has 0 saturated carbocycles. The standard InChI is InChI=1S/C14H27N3O2/c1-14(2)6-5-11(19-14)10-17-8-7-15-9-12(17)13(18)16(3)4/h11-12,15H,5-10H2,1-4H3. The fraction of sp³-hybridized carbons (Fsp3) is 0.929. The quantitative estimate of drug-likeness (QED) is 0.801. The van der Waals surface area contributed by atoms with E-state index in [1.165, 1.54) is 0 Å². The molecule has 110 valence electrons. The molecule has 2 heterocycles. The summed E-state index contributed by atoms with van der Waals surface area (Å²) < 4.78 is 6.05. The minimum atomic E-state index is -0.0453. The summed E-state index contributed by atoms with van der Waals surface area (Å²) in [7, 11) is 3.65. The fourth-order valence-corrected chi connectivity index (χ4v) is 2.97. The molecule has 0 spiro atoms. The van der Waals surface area contributed by atoms with Gasteiger partial charge in [-0.05, 0) is 26.7 Å². The monoisotopic (exact) mass is 269 g/mol. The van der Waals surface area contributed by atoms with Crippen molar-refractivity contribution in [2.24, 2.45) is 0 Å². The van der Waals surface area contributed by atoms with E-state index in [1.807, 2.05) is 14.1 Å². The molecular formula is C14H27N3O2. The summed E-state index contributed by atoms with van der Waals surface area (Å²) in [6, 6.07) is -0.0453. The number of carbonyl (C=O) groups is 1. The number of rotatable bonds is 3. The molecule has 2 unspecified atom stereocenters. The number of nitrogens with zero attached hydrogens (tertiary/aromatic N) is 2. The molecule has 2 fully saturated rings. The first-order chi connectivity index (χ1) is 8.89. The lowest BCUT2D eigenvalue weighted by molar-refractivity contribution is -0.136. The average molecular weight is 269 g/mol. The van der Waals surface area contributed by atoms with Crippen LogP contribution in [0.25, 0.3) is 0 Å². The fourth-order valence-electron chi connectivity index (χ4n) is 2.97. The second kappa shape index (κ2) is 5.77. The largest absolute Gasteiger partial charge is 0.371 e. The summed E-state index contributed by atoms with van der Waals surface area (Å²) >= 11 is 0. The average Bonchev–Trinajstić information content (AvgIpc) is 2.68. The van der Waals surface area contributed by atoms with Gasteiger partial charge in [-0.3, -0.25) is 9.69 Å². The van der Waals surface area contributed by atoms with Gasteiger partial charge in [-0.25, -0.2) is 0 Å². The van der Waals surface area contributed by atoms with Crippen LogP contribution in [0.15, 0.2) is 0 Å². The van der Waals surface area contributed by atoms with E-state index >= 15 is 0 Å². The third-order valence-corrected chi connectivity index (χ3v) is 4.07. The molecule has 2 aliphatic rings. The number of piperazine rings is 1. The summed E-state index contributed by atoms with van der Waals surface area (Å²) in [5.41, 5.74) is -0.000241. The Labute approximate surface area is 116 Å². The van der Waals surface area contributed by atoms with E-state index in [-0.39, 0.29) is 23.7 Å². The second-order valence-corrected chi connectivity index (χ2v) is 6.49. The molecule has 2 atom stereocenters. The zero-order valence-electron chi connectivity index (χ0n) is 12.6. The molecule has 5 nitrogen and oxygen atoms in total. The second-order valence-electron chi connectivity index (χ2n) is 6.49. The van der Waals surface area contributed by atoms with Crippen molar-refractivity contribution in [3.8, 4) is 0 Å². The molecule has 0 radical (unpaired) electrons. The van der Waals surface area contributed by atoms with Crippen molar-refractivity contribution in [1.29, 1.82) is 0 Å². The van der Waals surface area contributed by atoms with Crippen molar-refractivity contribution >= 4 is 5.91 Å². The Balaban J connectivity index is 1.95. The van der Waals surface area contributed by atoms with E-state index in [1.54, 1.807) is 4.90 Å². The number of hydrogen-bond acceptors (Lipinski definition) is 4. The highest BCUT2D eigenvalue weighted by Gasteiger charge is 2.36. The van der Waals surface area contributed by atoms with Crippen LogP contribution in [-0.4, -0.2) is 73.7 Å². The molecular weight excluding hydrogens is 242 g/mol. The first-order valence-corrected chi connectivity index (χ1v) is 7.23. The lowest BCUT2D eigenvalue weighted by atomic mass is 10.0. The van der Waals surface area contributed by atoms with Crippen molar-refractivity contribution in [1.82, 2.24) is 15.1 Å². The topological polar surface area (TPSA) is 44.8 Å². The van der Waals surface area contributed by atoms with Crippen LogP contribution in [0.1, 0.15) is 26.7 Å². The van der Waals surface area contributed by atoms with Crippen molar-refractivity contribution < 1.29 is 9.53 Å². The van der Waals surface area contributed by atoms with E-state index in [0.29, 0.717) is 0 Å². The molecule has 2 aliphatic heterocycles. The van der Waals surface area contributed by atoms with E-state index in [0.717, 1.165) is 39.0 Å². The normalized spacial score (nSPS) is 31.4. The Morgan fingerprint density at radius 1 is 1.47 bits per heavy atom. The number of likely N-dealkylation sites (N-methyl/N-ethyl adjacent to an activating group) is 1. The Hall–Kier alpha value is -0.650. The molecule has 1 N–H and O–H groups in total. The Morgan fingerprint density at radius 2 is 2.21 bits per heavy atom. The van der Waals surface area contributed by atoms with Crippen LogP contribution in [0.5, 0.6) is 0 Å². The van der Waals surface area contributed by atoms with Gasteiger partial charge in [0.05, 0.1) is 11.7 Å². The maximum absolute atomic E-state index is 12.2. The molecule has 0 aliphatic carbocycles. The van der Waals surface area contributed by atoms with Crippen molar-refractivity contribution in [3.05, 3.63) is 0 Å². The molecule has 2 saturated heterocycles. The van der Waals surface area contributed by atoms with Gasteiger partial charge in [0.25, 0.3) is 0 Å². The highest BCUT2D eigenvalue weighted by molar-refractivity contribution is 5.81. The summed E-state index contributed by atoms with van der Waals surface area (Å²) in [5, 5.41) is 3.31. The van der Waals surface area contributed by atoms with E-state index < -0.39 is 0 Å². The third kappa shape index (κ3) is 3.68. The van der Waals surface area contributed by atoms with Gasteiger partial charge in [-0.2, -0.15) is 0 Å². The maximum atomic E-state index is 12.2. The van der Waals surface area contributed by atoms with Gasteiger partial charge in [-0.1, -0.05) is 0 Å². The molecule has 0 aromatic carbocycles. The maximum Gasteiger partial charge on any atom is 0.240 e. The van der Waals surface area contributed by atoms with Crippen LogP contribution < -0.4 is 5.32 Å². The summed E-state index contributed by atoms with van der Waals surface area (Å²) in [6.07, 6.45) is 2.47. The van der Waals surface area contributed by atoms with E-state index in [4.69, 9.17) is 4.74 Å². The first kappa shape index (κ1) is 14.8. The first-order valence-electron chi connectivity index (χ1n) is 7.23. The van der Waals surface area contributed by atoms with E-state index in [9.17, 15) is 4.79 Å². The van der Waals surface area contributed by atoms with Gasteiger partial charge in [0.2, 0.25) is 5.91 Å². The number of hydrogen-bond donors (Lipinski definition) is 1. The van der Waals surface area contributed by atoms with Crippen LogP contribution >= 0.6 is 0 Å². The highest BCUT2D eigenvalue weighted by atomic mass is 16.5. The van der Waals surface area contributed by atoms with Crippen molar-refractivity contribution in [2.75, 3.05) is 40.3 Å². The third-order valence-electron chi connectivity index (χ3n) is 4.07. The van der Waals surface area contributed by atoms with E-state index in [2.05, 4.69) is 24.1 Å².